The van der Waals surface area contributed by atoms with Crippen LogP contribution >= 0.6 is 0 Å². The van der Waals surface area contributed by atoms with Crippen molar-refractivity contribution in [2.75, 3.05) is 0 Å². The van der Waals surface area contributed by atoms with Crippen molar-refractivity contribution in [3.8, 4) is 69.0 Å². The third kappa shape index (κ3) is 9.26. The van der Waals surface area contributed by atoms with Gasteiger partial charge in [0.25, 0.3) is 0 Å². The number of fused-ring (bicyclic) bond motifs is 8. The monoisotopic (exact) mass is 968 g/mol. The van der Waals surface area contributed by atoms with Gasteiger partial charge in [-0.2, -0.15) is 0 Å². The summed E-state index contributed by atoms with van der Waals surface area (Å²) in [5.74, 6) is -14.2. The average Bonchev–Trinajstić information content (AvgIpc) is 3.40. The Labute approximate surface area is 416 Å². The molecule has 0 spiro atoms. The van der Waals surface area contributed by atoms with E-state index in [0.29, 0.717) is 25.7 Å². The summed E-state index contributed by atoms with van der Waals surface area (Å²) in [6.07, 6.45) is 1.61. The Bertz CT molecular complexity index is 2680. The standard InChI is InChI=1S/C60H56O12/c61-49-41-29-43(51(63)57(49)69)38(26-22-34-15-7-2-8-16-34)45-31-47(55(67)59(71)53(45)65)40(28-24-36-19-11-4-12-20-36)48-32-46(54(66)60(72)56(48)68)39(27-23-35-17-9-3-10-18-35)44-30-42(50(62)58(70)52(44)64)37(41)25-21-33-13-5-1-6-14-33/h1-20,29-32,37-40,61-72H,21-28H2. The van der Waals surface area contributed by atoms with Crippen LogP contribution in [0, 0.1) is 0 Å². The third-order valence-electron chi connectivity index (χ3n) is 14.5. The fourth-order valence-electron chi connectivity index (χ4n) is 10.6. The number of aromatic hydroxyl groups is 12. The van der Waals surface area contributed by atoms with E-state index in [1.807, 2.05) is 121 Å². The molecule has 0 amide bonds. The van der Waals surface area contributed by atoms with Crippen LogP contribution < -0.4 is 0 Å². The lowest BCUT2D eigenvalue weighted by molar-refractivity contribution is 0.349. The second-order valence-electron chi connectivity index (χ2n) is 18.7. The van der Waals surface area contributed by atoms with Gasteiger partial charge in [0.1, 0.15) is 0 Å². The van der Waals surface area contributed by atoms with E-state index >= 15 is 0 Å². The first-order valence-corrected chi connectivity index (χ1v) is 24.0. The summed E-state index contributed by atoms with van der Waals surface area (Å²) in [6.45, 7) is 0. The average molecular weight is 969 g/mol. The summed E-state index contributed by atoms with van der Waals surface area (Å²) < 4.78 is 0. The van der Waals surface area contributed by atoms with Crippen molar-refractivity contribution in [3.05, 3.63) is 212 Å². The van der Waals surface area contributed by atoms with Crippen LogP contribution in [0.2, 0.25) is 0 Å². The van der Waals surface area contributed by atoms with Crippen LogP contribution in [0.5, 0.6) is 69.0 Å². The van der Waals surface area contributed by atoms with E-state index in [1.165, 1.54) is 24.3 Å². The SMILES string of the molecule is Oc1c2cc(c(O)c1O)C(CCc1ccccc1)c1cc(c(O)c(O)c1O)C(CCc1ccccc1)c1cc(c(O)c(O)c1O)C(CCc1ccccc1)c1cc(c(O)c(O)c1O)C2CCc1ccccc1. The zero-order valence-electron chi connectivity index (χ0n) is 39.2. The van der Waals surface area contributed by atoms with Gasteiger partial charge >= 0.3 is 0 Å². The van der Waals surface area contributed by atoms with Gasteiger partial charge in [-0.1, -0.05) is 121 Å². The Hall–Kier alpha value is -8.64. The highest BCUT2D eigenvalue weighted by molar-refractivity contribution is 5.70. The first-order valence-electron chi connectivity index (χ1n) is 24.0. The number of rotatable bonds is 12. The van der Waals surface area contributed by atoms with Gasteiger partial charge in [0, 0.05) is 68.2 Å². The van der Waals surface area contributed by atoms with Crippen molar-refractivity contribution in [1.29, 1.82) is 0 Å². The Balaban J connectivity index is 1.39. The molecule has 72 heavy (non-hydrogen) atoms. The molecule has 12 heteroatoms. The van der Waals surface area contributed by atoms with E-state index in [2.05, 4.69) is 0 Å². The Morgan fingerprint density at radius 1 is 0.208 bits per heavy atom. The highest BCUT2D eigenvalue weighted by Crippen LogP contribution is 2.59. The largest absolute Gasteiger partial charge is 0.504 e. The lowest BCUT2D eigenvalue weighted by Gasteiger charge is -2.30. The molecule has 8 aromatic rings. The molecule has 1 aliphatic rings. The second kappa shape index (κ2) is 20.4. The van der Waals surface area contributed by atoms with Crippen molar-refractivity contribution in [3.63, 3.8) is 0 Å². The van der Waals surface area contributed by atoms with Crippen molar-refractivity contribution >= 4 is 0 Å². The first-order chi connectivity index (χ1) is 34.7. The van der Waals surface area contributed by atoms with Crippen LogP contribution in [0.3, 0.4) is 0 Å². The van der Waals surface area contributed by atoms with E-state index in [-0.39, 0.29) is 70.2 Å². The molecule has 1 aliphatic carbocycles. The summed E-state index contributed by atoms with van der Waals surface area (Å²) in [5.41, 5.74) is 3.28. The molecular formula is C60H56O12. The molecule has 12 N–H and O–H groups in total. The zero-order chi connectivity index (χ0) is 50.8. The van der Waals surface area contributed by atoms with E-state index in [4.69, 9.17) is 0 Å². The number of phenols is 12. The molecule has 8 bridgehead atoms. The quantitative estimate of drug-likeness (QED) is 0.0512. The molecule has 0 atom stereocenters. The summed E-state index contributed by atoms with van der Waals surface area (Å²) in [6, 6.07) is 43.1. The van der Waals surface area contributed by atoms with Gasteiger partial charge in [-0.3, -0.25) is 0 Å². The van der Waals surface area contributed by atoms with Crippen LogP contribution in [-0.4, -0.2) is 61.3 Å². The van der Waals surface area contributed by atoms with E-state index in [1.54, 1.807) is 0 Å². The summed E-state index contributed by atoms with van der Waals surface area (Å²) >= 11 is 0. The minimum absolute atomic E-state index is 0.0175. The van der Waals surface area contributed by atoms with E-state index < -0.39 is 92.7 Å². The highest BCUT2D eigenvalue weighted by Gasteiger charge is 2.37. The van der Waals surface area contributed by atoms with Gasteiger partial charge in [0.05, 0.1) is 0 Å². The highest BCUT2D eigenvalue weighted by atomic mass is 16.3. The molecule has 0 saturated carbocycles. The summed E-state index contributed by atoms with van der Waals surface area (Å²) in [7, 11) is 0. The molecule has 368 valence electrons. The molecule has 12 nitrogen and oxygen atoms in total. The van der Waals surface area contributed by atoms with Crippen molar-refractivity contribution in [2.24, 2.45) is 0 Å². The van der Waals surface area contributed by atoms with Gasteiger partial charge < -0.3 is 61.3 Å². The molecule has 0 aliphatic heterocycles. The summed E-state index contributed by atoms with van der Waals surface area (Å²) in [4.78, 5) is 0. The maximum Gasteiger partial charge on any atom is 0.200 e. The second-order valence-corrected chi connectivity index (χ2v) is 18.7. The Morgan fingerprint density at radius 2 is 0.361 bits per heavy atom. The van der Waals surface area contributed by atoms with Gasteiger partial charge in [0.2, 0.25) is 23.0 Å². The molecule has 0 aromatic heterocycles. The molecule has 0 fully saturated rings. The van der Waals surface area contributed by atoms with Crippen LogP contribution in [0.15, 0.2) is 146 Å². The molecule has 0 radical (unpaired) electrons. The van der Waals surface area contributed by atoms with Gasteiger partial charge in [0.15, 0.2) is 46.0 Å². The molecule has 9 rings (SSSR count). The smallest absolute Gasteiger partial charge is 0.200 e. The number of benzene rings is 8. The normalized spacial score (nSPS) is 16.3. The predicted octanol–water partition coefficient (Wildman–Crippen LogP) is 11.5. The first kappa shape index (κ1) is 48.4. The lowest BCUT2D eigenvalue weighted by Crippen LogP contribution is -2.13. The Kier molecular flexibility index (Phi) is 13.7. The molecular weight excluding hydrogens is 913 g/mol. The zero-order valence-corrected chi connectivity index (χ0v) is 39.2. The molecule has 0 heterocycles. The minimum Gasteiger partial charge on any atom is -0.504 e. The predicted molar refractivity (Wildman–Crippen MR) is 272 cm³/mol. The molecule has 8 aromatic carbocycles. The Morgan fingerprint density at radius 3 is 0.514 bits per heavy atom. The van der Waals surface area contributed by atoms with Crippen LogP contribution in [-0.2, 0) is 25.7 Å². The fraction of sp³-hybridized carbons (Fsp3) is 0.200. The van der Waals surface area contributed by atoms with Crippen molar-refractivity contribution in [1.82, 2.24) is 0 Å². The fourth-order valence-corrected chi connectivity index (χ4v) is 10.6. The molecule has 0 saturated heterocycles. The summed E-state index contributed by atoms with van der Waals surface area (Å²) in [5, 5.41) is 144. The number of hydrogen-bond acceptors (Lipinski definition) is 12. The van der Waals surface area contributed by atoms with E-state index in [0.717, 1.165) is 22.3 Å². The lowest BCUT2D eigenvalue weighted by atomic mass is 9.75. The maximum absolute atomic E-state index is 12.0. The van der Waals surface area contributed by atoms with Crippen LogP contribution in [0.25, 0.3) is 0 Å². The number of aryl methyl sites for hydroxylation is 4. The van der Waals surface area contributed by atoms with E-state index in [9.17, 15) is 61.3 Å². The minimum atomic E-state index is -1.13. The van der Waals surface area contributed by atoms with Crippen LogP contribution in [0.4, 0.5) is 0 Å². The van der Waals surface area contributed by atoms with Gasteiger partial charge in [-0.25, -0.2) is 0 Å². The number of phenolic OH excluding ortho intramolecular Hbond substituents is 12. The molecule has 0 unspecified atom stereocenters. The van der Waals surface area contributed by atoms with Crippen molar-refractivity contribution < 1.29 is 61.3 Å². The third-order valence-corrected chi connectivity index (χ3v) is 14.5. The maximum atomic E-state index is 12.0. The topological polar surface area (TPSA) is 243 Å². The van der Waals surface area contributed by atoms with Crippen LogP contribution in [0.1, 0.15) is 116 Å². The van der Waals surface area contributed by atoms with Gasteiger partial charge in [-0.15, -0.1) is 0 Å². The number of hydrogen-bond donors (Lipinski definition) is 12. The van der Waals surface area contributed by atoms with Crippen molar-refractivity contribution in [2.45, 2.75) is 75.0 Å². The van der Waals surface area contributed by atoms with Gasteiger partial charge in [-0.05, 0) is 97.9 Å².